The summed E-state index contributed by atoms with van der Waals surface area (Å²) in [5.41, 5.74) is 13.1. The van der Waals surface area contributed by atoms with Crippen LogP contribution in [-0.2, 0) is 0 Å². The minimum atomic E-state index is 0.249. The van der Waals surface area contributed by atoms with Crippen LogP contribution in [-0.4, -0.2) is 33.0 Å². The topological polar surface area (TPSA) is 107 Å². The maximum absolute atomic E-state index is 5.71. The molecule has 1 aliphatic carbocycles. The first-order valence-electron chi connectivity index (χ1n) is 10.0. The van der Waals surface area contributed by atoms with Crippen molar-refractivity contribution in [2.75, 3.05) is 17.7 Å². The molecule has 0 radical (unpaired) electrons. The average molecular weight is 392 g/mol. The minimum absolute atomic E-state index is 0.249. The van der Waals surface area contributed by atoms with Crippen molar-refractivity contribution in [3.05, 3.63) is 54.4 Å². The molecule has 0 bridgehead atoms. The number of benzene rings is 1. The van der Waals surface area contributed by atoms with Gasteiger partial charge in [-0.3, -0.25) is 0 Å². The van der Waals surface area contributed by atoms with Gasteiger partial charge in [-0.25, -0.2) is 15.0 Å². The molecular formula is C22H29N7. The Bertz CT molecular complexity index is 888. The maximum Gasteiger partial charge on any atom is 0.222 e. The first kappa shape index (κ1) is 20.7. The molecule has 1 aromatic carbocycles. The Morgan fingerprint density at radius 3 is 2.28 bits per heavy atom. The molecule has 3 aromatic rings. The van der Waals surface area contributed by atoms with Crippen LogP contribution >= 0.6 is 0 Å². The lowest BCUT2D eigenvalue weighted by molar-refractivity contribution is 0.441. The maximum atomic E-state index is 5.71. The Hall–Kier alpha value is -3.06. The summed E-state index contributed by atoms with van der Waals surface area (Å²) in [6.07, 6.45) is 8.40. The lowest BCUT2D eigenvalue weighted by Gasteiger charge is -2.18. The Balaban J connectivity index is 0.000000290. The normalized spacial score (nSPS) is 14.0. The van der Waals surface area contributed by atoms with Crippen LogP contribution in [0, 0.1) is 6.92 Å². The largest absolute Gasteiger partial charge is 0.368 e. The smallest absolute Gasteiger partial charge is 0.222 e. The molecule has 0 amide bonds. The van der Waals surface area contributed by atoms with Crippen molar-refractivity contribution in [2.24, 2.45) is 5.73 Å². The van der Waals surface area contributed by atoms with E-state index in [9.17, 15) is 0 Å². The van der Waals surface area contributed by atoms with Gasteiger partial charge in [0.2, 0.25) is 5.95 Å². The number of aryl methyl sites for hydroxylation is 1. The van der Waals surface area contributed by atoms with Crippen LogP contribution in [0.25, 0.3) is 11.4 Å². The number of rotatable bonds is 3. The number of hydrogen-bond donors (Lipinski definition) is 2. The van der Waals surface area contributed by atoms with Crippen molar-refractivity contribution in [3.8, 4) is 11.4 Å². The molecule has 2 aromatic heterocycles. The monoisotopic (exact) mass is 391 g/mol. The third-order valence-electron chi connectivity index (χ3n) is 4.87. The van der Waals surface area contributed by atoms with E-state index >= 15 is 0 Å². The Morgan fingerprint density at radius 1 is 0.931 bits per heavy atom. The molecule has 0 unspecified atom stereocenters. The fraction of sp³-hybridized carbons (Fsp3) is 0.364. The van der Waals surface area contributed by atoms with Crippen LogP contribution in [0.1, 0.15) is 37.8 Å². The number of nitrogen functional groups attached to an aromatic ring is 1. The van der Waals surface area contributed by atoms with Crippen molar-refractivity contribution < 1.29 is 0 Å². The van der Waals surface area contributed by atoms with Gasteiger partial charge < -0.3 is 16.4 Å². The van der Waals surface area contributed by atoms with Crippen LogP contribution < -0.4 is 16.4 Å². The predicted molar refractivity (Wildman–Crippen MR) is 118 cm³/mol. The summed E-state index contributed by atoms with van der Waals surface area (Å²) in [6.45, 7) is 1.88. The van der Waals surface area contributed by atoms with Gasteiger partial charge in [0.25, 0.3) is 0 Å². The van der Waals surface area contributed by atoms with Gasteiger partial charge in [0.15, 0.2) is 5.82 Å². The molecule has 0 spiro atoms. The first-order chi connectivity index (χ1) is 14.0. The van der Waals surface area contributed by atoms with Crippen LogP contribution in [0.15, 0.2) is 48.7 Å². The lowest BCUT2D eigenvalue weighted by atomic mass is 9.97. The summed E-state index contributed by atoms with van der Waals surface area (Å²) in [5, 5.41) is 0. The van der Waals surface area contributed by atoms with Gasteiger partial charge in [-0.2, -0.15) is 4.98 Å². The van der Waals surface area contributed by atoms with Gasteiger partial charge in [-0.15, -0.1) is 0 Å². The van der Waals surface area contributed by atoms with E-state index in [1.165, 1.54) is 32.1 Å². The molecule has 2 heterocycles. The zero-order valence-electron chi connectivity index (χ0n) is 17.1. The SMILES string of the molecule is Cc1cc(N(C)c2ccnc(-c3ccccc3)n2)nc(N)n1.NC1CCCCC1. The van der Waals surface area contributed by atoms with Crippen LogP contribution in [0.2, 0.25) is 0 Å². The summed E-state index contributed by atoms with van der Waals surface area (Å²) >= 11 is 0. The highest BCUT2D eigenvalue weighted by molar-refractivity contribution is 5.61. The molecule has 29 heavy (non-hydrogen) atoms. The quantitative estimate of drug-likeness (QED) is 0.698. The summed E-state index contributed by atoms with van der Waals surface area (Å²) in [6, 6.07) is 14.1. The molecule has 1 aliphatic rings. The third kappa shape index (κ3) is 5.96. The summed E-state index contributed by atoms with van der Waals surface area (Å²) in [7, 11) is 1.89. The lowest BCUT2D eigenvalue weighted by Crippen LogP contribution is -2.22. The standard InChI is InChI=1S/C16H16N6.C6H13N/c1-11-10-14(21-16(17)19-11)22(2)13-8-9-18-15(20-13)12-6-4-3-5-7-12;7-6-4-2-1-3-5-6/h3-10H,1-2H3,(H2,17,19,21);6H,1-5,7H2. The molecule has 1 saturated carbocycles. The second-order valence-electron chi connectivity index (χ2n) is 7.29. The van der Waals surface area contributed by atoms with Gasteiger partial charge >= 0.3 is 0 Å². The van der Waals surface area contributed by atoms with E-state index in [4.69, 9.17) is 11.5 Å². The zero-order chi connectivity index (χ0) is 20.6. The van der Waals surface area contributed by atoms with Crippen molar-refractivity contribution in [1.29, 1.82) is 0 Å². The van der Waals surface area contributed by atoms with Crippen LogP contribution in [0.4, 0.5) is 17.6 Å². The highest BCUT2D eigenvalue weighted by Gasteiger charge is 2.11. The molecule has 4 rings (SSSR count). The molecule has 0 aliphatic heterocycles. The van der Waals surface area contributed by atoms with Gasteiger partial charge in [0.05, 0.1) is 0 Å². The van der Waals surface area contributed by atoms with E-state index in [0.717, 1.165) is 17.1 Å². The van der Waals surface area contributed by atoms with E-state index in [0.29, 0.717) is 17.7 Å². The van der Waals surface area contributed by atoms with Gasteiger partial charge in [0, 0.05) is 36.6 Å². The number of nitrogens with two attached hydrogens (primary N) is 2. The number of anilines is 3. The third-order valence-corrected chi connectivity index (χ3v) is 4.87. The fourth-order valence-corrected chi connectivity index (χ4v) is 3.26. The first-order valence-corrected chi connectivity index (χ1v) is 10.0. The molecular weight excluding hydrogens is 362 g/mol. The van der Waals surface area contributed by atoms with Crippen LogP contribution in [0.3, 0.4) is 0 Å². The van der Waals surface area contributed by atoms with E-state index in [1.807, 2.05) is 61.3 Å². The van der Waals surface area contributed by atoms with Gasteiger partial charge in [0.1, 0.15) is 11.6 Å². The summed E-state index contributed by atoms with van der Waals surface area (Å²) in [5.74, 6) is 2.36. The highest BCUT2D eigenvalue weighted by atomic mass is 15.2. The highest BCUT2D eigenvalue weighted by Crippen LogP contribution is 2.23. The molecule has 7 heteroatoms. The zero-order valence-corrected chi connectivity index (χ0v) is 17.1. The Kier molecular flexibility index (Phi) is 7.08. The van der Waals surface area contributed by atoms with Crippen LogP contribution in [0.5, 0.6) is 0 Å². The predicted octanol–water partition coefficient (Wildman–Crippen LogP) is 3.87. The summed E-state index contributed by atoms with van der Waals surface area (Å²) in [4.78, 5) is 19.1. The van der Waals surface area contributed by atoms with E-state index in [2.05, 4.69) is 19.9 Å². The number of aromatic nitrogens is 4. The number of nitrogens with zero attached hydrogens (tertiary/aromatic N) is 5. The molecule has 1 fully saturated rings. The van der Waals surface area contributed by atoms with Crippen molar-refractivity contribution in [2.45, 2.75) is 45.1 Å². The molecule has 0 atom stereocenters. The van der Waals surface area contributed by atoms with Crippen molar-refractivity contribution >= 4 is 17.6 Å². The minimum Gasteiger partial charge on any atom is -0.368 e. The van der Waals surface area contributed by atoms with Gasteiger partial charge in [-0.1, -0.05) is 49.6 Å². The van der Waals surface area contributed by atoms with Crippen molar-refractivity contribution in [3.63, 3.8) is 0 Å². The fourth-order valence-electron chi connectivity index (χ4n) is 3.26. The number of hydrogen-bond acceptors (Lipinski definition) is 7. The van der Waals surface area contributed by atoms with Gasteiger partial charge in [-0.05, 0) is 25.8 Å². The Morgan fingerprint density at radius 2 is 1.66 bits per heavy atom. The Labute approximate surface area is 172 Å². The van der Waals surface area contributed by atoms with E-state index in [-0.39, 0.29) is 5.95 Å². The molecule has 0 saturated heterocycles. The van der Waals surface area contributed by atoms with E-state index in [1.54, 1.807) is 6.20 Å². The second-order valence-corrected chi connectivity index (χ2v) is 7.29. The summed E-state index contributed by atoms with van der Waals surface area (Å²) < 4.78 is 0. The molecule has 7 nitrogen and oxygen atoms in total. The second kappa shape index (κ2) is 9.93. The van der Waals surface area contributed by atoms with Crippen molar-refractivity contribution in [1.82, 2.24) is 19.9 Å². The molecule has 4 N–H and O–H groups in total. The average Bonchev–Trinajstić information content (AvgIpc) is 2.74. The van der Waals surface area contributed by atoms with E-state index < -0.39 is 0 Å². The molecule has 152 valence electrons.